The normalized spacial score (nSPS) is 15.0. The van der Waals surface area contributed by atoms with Crippen molar-refractivity contribution in [2.75, 3.05) is 20.4 Å². The maximum Gasteiger partial charge on any atom is 0.107 e. The van der Waals surface area contributed by atoms with Gasteiger partial charge in [-0.3, -0.25) is 5.01 Å². The van der Waals surface area contributed by atoms with Crippen molar-refractivity contribution < 1.29 is 0 Å². The third kappa shape index (κ3) is 2.51. The fourth-order valence-corrected chi connectivity index (χ4v) is 2.73. The highest BCUT2D eigenvalue weighted by Gasteiger charge is 2.29. The van der Waals surface area contributed by atoms with Gasteiger partial charge in [0.05, 0.1) is 18.1 Å². The van der Waals surface area contributed by atoms with E-state index < -0.39 is 0 Å². The third-order valence-electron chi connectivity index (χ3n) is 3.71. The molecule has 4 heteroatoms. The number of hydrogen-bond donors (Lipinski definition) is 2. The number of nitrogens with one attached hydrogen (secondary N) is 1. The Labute approximate surface area is 125 Å². The molecule has 0 spiro atoms. The van der Waals surface area contributed by atoms with E-state index in [1.165, 1.54) is 16.8 Å². The molecule has 0 fully saturated rings. The zero-order chi connectivity index (χ0) is 14.7. The average Bonchev–Trinajstić information content (AvgIpc) is 2.95. The Balaban J connectivity index is 2.19. The molecule has 0 saturated heterocycles. The Kier molecular flexibility index (Phi) is 3.90. The van der Waals surface area contributed by atoms with Gasteiger partial charge in [0.25, 0.3) is 0 Å². The van der Waals surface area contributed by atoms with Gasteiger partial charge in [0, 0.05) is 18.2 Å². The van der Waals surface area contributed by atoms with E-state index >= 15 is 0 Å². The van der Waals surface area contributed by atoms with Gasteiger partial charge in [-0.1, -0.05) is 60.7 Å². The first-order valence-electron chi connectivity index (χ1n) is 7.10. The highest BCUT2D eigenvalue weighted by Crippen LogP contribution is 2.35. The van der Waals surface area contributed by atoms with Crippen molar-refractivity contribution >= 4 is 11.4 Å². The molecular weight excluding hydrogens is 260 g/mol. The van der Waals surface area contributed by atoms with Gasteiger partial charge in [0.2, 0.25) is 0 Å². The third-order valence-corrected chi connectivity index (χ3v) is 3.71. The number of benzene rings is 2. The summed E-state index contributed by atoms with van der Waals surface area (Å²) in [5.41, 5.74) is 13.9. The topological polar surface area (TPSA) is 44.5 Å². The Morgan fingerprint density at radius 1 is 0.905 bits per heavy atom. The van der Waals surface area contributed by atoms with Crippen molar-refractivity contribution in [2.45, 2.75) is 0 Å². The molecule has 0 unspecified atom stereocenters. The quantitative estimate of drug-likeness (QED) is 0.900. The SMILES string of the molecule is CNN1CN(CN)C(c2ccccc2)=C1c1ccccc1. The maximum atomic E-state index is 5.96. The molecule has 1 aliphatic heterocycles. The van der Waals surface area contributed by atoms with Crippen LogP contribution in [0.25, 0.3) is 11.4 Å². The van der Waals surface area contributed by atoms with Gasteiger partial charge in [-0.25, -0.2) is 5.43 Å². The molecule has 2 aromatic rings. The molecule has 0 bridgehead atoms. The summed E-state index contributed by atoms with van der Waals surface area (Å²) in [6.45, 7) is 1.22. The smallest absolute Gasteiger partial charge is 0.107 e. The molecule has 1 aliphatic rings. The molecule has 2 aromatic carbocycles. The molecule has 1 heterocycles. The largest absolute Gasteiger partial charge is 0.338 e. The van der Waals surface area contributed by atoms with Crippen LogP contribution in [0.1, 0.15) is 11.1 Å². The van der Waals surface area contributed by atoms with E-state index in [0.717, 1.165) is 12.4 Å². The Morgan fingerprint density at radius 3 is 1.90 bits per heavy atom. The Hall–Kier alpha value is -2.30. The predicted molar refractivity (Wildman–Crippen MR) is 86.4 cm³/mol. The summed E-state index contributed by atoms with van der Waals surface area (Å²) in [4.78, 5) is 2.17. The summed E-state index contributed by atoms with van der Waals surface area (Å²) >= 11 is 0. The van der Waals surface area contributed by atoms with Crippen LogP contribution in [0.3, 0.4) is 0 Å². The van der Waals surface area contributed by atoms with Gasteiger partial charge in [-0.05, 0) is 0 Å². The second-order valence-corrected chi connectivity index (χ2v) is 4.94. The summed E-state index contributed by atoms with van der Waals surface area (Å²) in [5.74, 6) is 0. The van der Waals surface area contributed by atoms with Crippen LogP contribution in [0.15, 0.2) is 60.7 Å². The van der Waals surface area contributed by atoms with Crippen molar-refractivity contribution in [3.63, 3.8) is 0 Å². The van der Waals surface area contributed by atoms with Crippen LogP contribution < -0.4 is 11.2 Å². The molecule has 0 atom stereocenters. The summed E-state index contributed by atoms with van der Waals surface area (Å²) in [7, 11) is 1.94. The highest BCUT2D eigenvalue weighted by atomic mass is 15.6. The summed E-state index contributed by atoms with van der Waals surface area (Å²) in [6, 6.07) is 20.8. The fraction of sp³-hybridized carbons (Fsp3) is 0.176. The van der Waals surface area contributed by atoms with Crippen LogP contribution in [-0.2, 0) is 0 Å². The summed E-state index contributed by atoms with van der Waals surface area (Å²) < 4.78 is 0. The number of rotatable bonds is 4. The highest BCUT2D eigenvalue weighted by molar-refractivity contribution is 5.90. The summed E-state index contributed by atoms with van der Waals surface area (Å²) in [6.07, 6.45) is 0. The second-order valence-electron chi connectivity index (χ2n) is 4.94. The standard InChI is InChI=1S/C17H20N4/c1-19-21-13-20(12-18)16(14-8-4-2-5-9-14)17(21)15-10-6-3-7-11-15/h2-11,19H,12-13,18H2,1H3. The molecule has 0 saturated carbocycles. The van der Waals surface area contributed by atoms with Gasteiger partial charge in [0.15, 0.2) is 0 Å². The summed E-state index contributed by atoms with van der Waals surface area (Å²) in [5, 5.41) is 2.13. The van der Waals surface area contributed by atoms with Crippen molar-refractivity contribution in [2.24, 2.45) is 5.73 Å². The van der Waals surface area contributed by atoms with Crippen molar-refractivity contribution in [1.82, 2.24) is 15.3 Å². The maximum absolute atomic E-state index is 5.96. The zero-order valence-electron chi connectivity index (χ0n) is 12.2. The molecule has 108 valence electrons. The van der Waals surface area contributed by atoms with Crippen LogP contribution in [0.5, 0.6) is 0 Å². The van der Waals surface area contributed by atoms with E-state index in [-0.39, 0.29) is 0 Å². The lowest BCUT2D eigenvalue weighted by molar-refractivity contribution is 0.238. The molecule has 0 aliphatic carbocycles. The van der Waals surface area contributed by atoms with E-state index in [2.05, 4.69) is 63.9 Å². The molecule has 3 rings (SSSR count). The fourth-order valence-electron chi connectivity index (χ4n) is 2.73. The molecular formula is C17H20N4. The van der Waals surface area contributed by atoms with Gasteiger partial charge >= 0.3 is 0 Å². The minimum atomic E-state index is 0.485. The van der Waals surface area contributed by atoms with Crippen molar-refractivity contribution in [1.29, 1.82) is 0 Å². The van der Waals surface area contributed by atoms with Gasteiger partial charge < -0.3 is 10.6 Å². The Morgan fingerprint density at radius 2 is 1.43 bits per heavy atom. The van der Waals surface area contributed by atoms with E-state index in [4.69, 9.17) is 5.73 Å². The predicted octanol–water partition coefficient (Wildman–Crippen LogP) is 2.14. The number of nitrogens with two attached hydrogens (primary N) is 1. The number of hydrazine groups is 1. The molecule has 3 N–H and O–H groups in total. The lowest BCUT2D eigenvalue weighted by atomic mass is 10.1. The van der Waals surface area contributed by atoms with Crippen molar-refractivity contribution in [3.8, 4) is 0 Å². The molecule has 0 aromatic heterocycles. The lowest BCUT2D eigenvalue weighted by Crippen LogP contribution is -2.37. The van der Waals surface area contributed by atoms with Crippen LogP contribution in [0, 0.1) is 0 Å². The molecule has 0 amide bonds. The Bertz CT molecular complexity index is 566. The monoisotopic (exact) mass is 280 g/mol. The zero-order valence-corrected chi connectivity index (χ0v) is 12.2. The van der Waals surface area contributed by atoms with E-state index in [1.54, 1.807) is 0 Å². The van der Waals surface area contributed by atoms with Crippen LogP contribution in [-0.4, -0.2) is 30.3 Å². The van der Waals surface area contributed by atoms with Crippen LogP contribution in [0.2, 0.25) is 0 Å². The first-order chi connectivity index (χ1) is 10.3. The molecule has 0 radical (unpaired) electrons. The van der Waals surface area contributed by atoms with Crippen LogP contribution >= 0.6 is 0 Å². The van der Waals surface area contributed by atoms with E-state index in [0.29, 0.717) is 6.67 Å². The van der Waals surface area contributed by atoms with Crippen molar-refractivity contribution in [3.05, 3.63) is 71.8 Å². The number of hydrogen-bond acceptors (Lipinski definition) is 4. The minimum absolute atomic E-state index is 0.485. The van der Waals surface area contributed by atoms with Gasteiger partial charge in [0.1, 0.15) is 6.67 Å². The van der Waals surface area contributed by atoms with E-state index in [9.17, 15) is 0 Å². The van der Waals surface area contributed by atoms with E-state index in [1.807, 2.05) is 19.2 Å². The van der Waals surface area contributed by atoms with Gasteiger partial charge in [-0.2, -0.15) is 0 Å². The lowest BCUT2D eigenvalue weighted by Gasteiger charge is -2.22. The first-order valence-corrected chi connectivity index (χ1v) is 7.10. The average molecular weight is 280 g/mol. The van der Waals surface area contributed by atoms with Crippen LogP contribution in [0.4, 0.5) is 0 Å². The number of nitrogens with zero attached hydrogens (tertiary/aromatic N) is 2. The molecule has 4 nitrogen and oxygen atoms in total. The minimum Gasteiger partial charge on any atom is -0.338 e. The second kappa shape index (κ2) is 5.99. The molecule has 21 heavy (non-hydrogen) atoms. The van der Waals surface area contributed by atoms with Gasteiger partial charge in [-0.15, -0.1) is 0 Å². The first kappa shape index (κ1) is 13.7.